The highest BCUT2D eigenvalue weighted by molar-refractivity contribution is 6.35. The third-order valence-electron chi connectivity index (χ3n) is 2.87. The lowest BCUT2D eigenvalue weighted by atomic mass is 10.1. The first-order chi connectivity index (χ1) is 10.1. The van der Waals surface area contributed by atoms with Gasteiger partial charge in [0.25, 0.3) is 5.91 Å². The molecule has 0 fully saturated rings. The first-order valence-electron chi connectivity index (χ1n) is 6.32. The van der Waals surface area contributed by atoms with Crippen molar-refractivity contribution < 1.29 is 9.53 Å². The lowest BCUT2D eigenvalue weighted by Crippen LogP contribution is -2.16. The molecule has 4 nitrogen and oxygen atoms in total. The Hall–Kier alpha value is -1.62. The Bertz CT molecular complexity index is 647. The summed E-state index contributed by atoms with van der Waals surface area (Å²) >= 11 is 11.8. The Labute approximate surface area is 133 Å². The average molecular weight is 325 g/mol. The van der Waals surface area contributed by atoms with Gasteiger partial charge in [0.15, 0.2) is 0 Å². The van der Waals surface area contributed by atoms with Crippen LogP contribution in [-0.2, 0) is 11.2 Å². The summed E-state index contributed by atoms with van der Waals surface area (Å²) in [6.07, 6.45) is 0.698. The molecule has 0 saturated heterocycles. The molecular formula is C15H14Cl2N2O2. The van der Waals surface area contributed by atoms with Crippen molar-refractivity contribution in [2.75, 3.05) is 19.0 Å². The van der Waals surface area contributed by atoms with Gasteiger partial charge in [0, 0.05) is 12.8 Å². The van der Waals surface area contributed by atoms with Crippen LogP contribution in [0.5, 0.6) is 0 Å². The zero-order valence-electron chi connectivity index (χ0n) is 11.4. The number of ether oxygens (including phenoxy) is 1. The van der Waals surface area contributed by atoms with E-state index in [-0.39, 0.29) is 15.9 Å². The number of pyridine rings is 1. The van der Waals surface area contributed by atoms with Gasteiger partial charge in [-0.3, -0.25) is 4.79 Å². The van der Waals surface area contributed by atoms with Crippen molar-refractivity contribution in [3.63, 3.8) is 0 Å². The van der Waals surface area contributed by atoms with E-state index in [1.54, 1.807) is 13.2 Å². The summed E-state index contributed by atoms with van der Waals surface area (Å²) in [7, 11) is 1.64. The maximum absolute atomic E-state index is 12.3. The molecule has 0 atom stereocenters. The number of carbonyl (C=O) groups is 1. The van der Waals surface area contributed by atoms with E-state index in [4.69, 9.17) is 27.9 Å². The van der Waals surface area contributed by atoms with Gasteiger partial charge in [0.1, 0.15) is 10.8 Å². The highest BCUT2D eigenvalue weighted by Gasteiger charge is 2.14. The molecule has 1 aromatic carbocycles. The van der Waals surface area contributed by atoms with E-state index in [9.17, 15) is 4.79 Å². The van der Waals surface area contributed by atoms with Crippen molar-refractivity contribution in [3.05, 3.63) is 57.8 Å². The Morgan fingerprint density at radius 1 is 1.24 bits per heavy atom. The number of aromatic nitrogens is 1. The van der Waals surface area contributed by atoms with Gasteiger partial charge in [-0.1, -0.05) is 41.4 Å². The number of nitrogens with zero attached hydrogens (tertiary/aromatic N) is 1. The molecule has 6 heteroatoms. The van der Waals surface area contributed by atoms with E-state index in [0.29, 0.717) is 18.7 Å². The molecular weight excluding hydrogens is 311 g/mol. The molecule has 0 saturated carbocycles. The summed E-state index contributed by atoms with van der Waals surface area (Å²) in [4.78, 5) is 16.2. The number of hydrogen-bond acceptors (Lipinski definition) is 3. The normalized spacial score (nSPS) is 10.4. The summed E-state index contributed by atoms with van der Waals surface area (Å²) in [5.41, 5.74) is 1.79. The van der Waals surface area contributed by atoms with E-state index in [1.165, 1.54) is 6.07 Å². The number of hydrogen-bond donors (Lipinski definition) is 1. The van der Waals surface area contributed by atoms with Crippen LogP contribution in [0.25, 0.3) is 0 Å². The van der Waals surface area contributed by atoms with Crippen molar-refractivity contribution >= 4 is 34.8 Å². The van der Waals surface area contributed by atoms with Crippen molar-refractivity contribution in [1.29, 1.82) is 0 Å². The minimum atomic E-state index is -0.396. The van der Waals surface area contributed by atoms with Crippen LogP contribution in [0, 0.1) is 0 Å². The molecule has 2 aromatic rings. The van der Waals surface area contributed by atoms with Crippen LogP contribution in [0.15, 0.2) is 36.4 Å². The predicted molar refractivity (Wildman–Crippen MR) is 84.2 cm³/mol. The Morgan fingerprint density at radius 3 is 2.76 bits per heavy atom. The van der Waals surface area contributed by atoms with E-state index in [0.717, 1.165) is 5.56 Å². The molecule has 0 radical (unpaired) electrons. The van der Waals surface area contributed by atoms with Crippen LogP contribution in [0.1, 0.15) is 16.1 Å². The molecule has 1 amide bonds. The fraction of sp³-hybridized carbons (Fsp3) is 0.200. The average Bonchev–Trinajstić information content (AvgIpc) is 2.48. The van der Waals surface area contributed by atoms with Crippen LogP contribution in [0.2, 0.25) is 10.2 Å². The Balaban J connectivity index is 2.21. The second-order valence-corrected chi connectivity index (χ2v) is 5.11. The summed E-state index contributed by atoms with van der Waals surface area (Å²) < 4.78 is 5.06. The van der Waals surface area contributed by atoms with Crippen molar-refractivity contribution in [3.8, 4) is 0 Å². The topological polar surface area (TPSA) is 51.2 Å². The molecule has 1 N–H and O–H groups in total. The number of amides is 1. The van der Waals surface area contributed by atoms with Crippen molar-refractivity contribution in [2.45, 2.75) is 6.42 Å². The third kappa shape index (κ3) is 4.17. The maximum atomic E-state index is 12.3. The molecule has 1 aromatic heterocycles. The van der Waals surface area contributed by atoms with E-state index in [1.807, 2.05) is 24.3 Å². The summed E-state index contributed by atoms with van der Waals surface area (Å²) in [5, 5.41) is 3.28. The highest BCUT2D eigenvalue weighted by atomic mass is 35.5. The number of para-hydroxylation sites is 1. The van der Waals surface area contributed by atoms with Gasteiger partial charge in [-0.05, 0) is 30.2 Å². The van der Waals surface area contributed by atoms with Crippen molar-refractivity contribution in [2.24, 2.45) is 0 Å². The number of rotatable bonds is 5. The van der Waals surface area contributed by atoms with E-state index >= 15 is 0 Å². The molecule has 2 rings (SSSR count). The van der Waals surface area contributed by atoms with Gasteiger partial charge in [0.05, 0.1) is 11.6 Å². The lowest BCUT2D eigenvalue weighted by molar-refractivity contribution is 0.102. The molecule has 110 valence electrons. The van der Waals surface area contributed by atoms with Gasteiger partial charge < -0.3 is 10.1 Å². The quantitative estimate of drug-likeness (QED) is 0.850. The minimum Gasteiger partial charge on any atom is -0.384 e. The number of carbonyl (C=O) groups excluding carboxylic acids is 1. The number of halogens is 2. The van der Waals surface area contributed by atoms with Gasteiger partial charge >= 0.3 is 0 Å². The molecule has 0 aliphatic heterocycles. The fourth-order valence-electron chi connectivity index (χ4n) is 1.83. The van der Waals surface area contributed by atoms with Gasteiger partial charge in [-0.25, -0.2) is 4.98 Å². The van der Waals surface area contributed by atoms with Gasteiger partial charge in [-0.15, -0.1) is 0 Å². The zero-order valence-corrected chi connectivity index (χ0v) is 12.9. The standard InChI is InChI=1S/C15H14Cl2N2O2/c1-21-9-8-10-4-2-3-5-12(10)18-15(20)14-11(16)6-7-13(17)19-14/h2-7H,8-9H2,1H3,(H,18,20). The summed E-state index contributed by atoms with van der Waals surface area (Å²) in [5.74, 6) is -0.396. The molecule has 21 heavy (non-hydrogen) atoms. The number of nitrogens with one attached hydrogen (secondary N) is 1. The largest absolute Gasteiger partial charge is 0.384 e. The van der Waals surface area contributed by atoms with E-state index < -0.39 is 5.91 Å². The lowest BCUT2D eigenvalue weighted by Gasteiger charge is -2.11. The van der Waals surface area contributed by atoms with Crippen LogP contribution in [0.3, 0.4) is 0 Å². The highest BCUT2D eigenvalue weighted by Crippen LogP contribution is 2.20. The van der Waals surface area contributed by atoms with Crippen molar-refractivity contribution in [1.82, 2.24) is 4.98 Å². The number of benzene rings is 1. The van der Waals surface area contributed by atoms with Crippen LogP contribution in [-0.4, -0.2) is 24.6 Å². The molecule has 1 heterocycles. The summed E-state index contributed by atoms with van der Waals surface area (Å²) in [6.45, 7) is 0.572. The van der Waals surface area contributed by atoms with E-state index in [2.05, 4.69) is 10.3 Å². The third-order valence-corrected chi connectivity index (χ3v) is 3.38. The fourth-order valence-corrected chi connectivity index (χ4v) is 2.17. The zero-order chi connectivity index (χ0) is 15.2. The second-order valence-electron chi connectivity index (χ2n) is 4.32. The summed E-state index contributed by atoms with van der Waals surface area (Å²) in [6, 6.07) is 10.6. The van der Waals surface area contributed by atoms with Gasteiger partial charge in [0.2, 0.25) is 0 Å². The molecule has 0 unspecified atom stereocenters. The Morgan fingerprint density at radius 2 is 2.00 bits per heavy atom. The first-order valence-corrected chi connectivity index (χ1v) is 7.07. The molecule has 0 aliphatic carbocycles. The molecule has 0 bridgehead atoms. The van der Waals surface area contributed by atoms with Crippen LogP contribution >= 0.6 is 23.2 Å². The minimum absolute atomic E-state index is 0.103. The SMILES string of the molecule is COCCc1ccccc1NC(=O)c1nc(Cl)ccc1Cl. The number of anilines is 1. The maximum Gasteiger partial charge on any atom is 0.275 e. The monoisotopic (exact) mass is 324 g/mol. The smallest absolute Gasteiger partial charge is 0.275 e. The predicted octanol–water partition coefficient (Wildman–Crippen LogP) is 3.83. The Kier molecular flexibility index (Phi) is 5.56. The number of methoxy groups -OCH3 is 1. The second kappa shape index (κ2) is 7.41. The van der Waals surface area contributed by atoms with Crippen LogP contribution < -0.4 is 5.32 Å². The van der Waals surface area contributed by atoms with Crippen LogP contribution in [0.4, 0.5) is 5.69 Å². The van der Waals surface area contributed by atoms with Gasteiger partial charge in [-0.2, -0.15) is 0 Å². The molecule has 0 aliphatic rings. The molecule has 0 spiro atoms. The first kappa shape index (κ1) is 15.8.